The summed E-state index contributed by atoms with van der Waals surface area (Å²) in [6.07, 6.45) is 2.81. The van der Waals surface area contributed by atoms with Crippen molar-refractivity contribution in [3.8, 4) is 11.3 Å². The first-order chi connectivity index (χ1) is 13.3. The number of hydrogen-bond donors (Lipinski definition) is 2. The summed E-state index contributed by atoms with van der Waals surface area (Å²) in [7, 11) is 0. The second kappa shape index (κ2) is 8.33. The Hall–Kier alpha value is -3.02. The topological polar surface area (TPSA) is 79.5 Å². The molecule has 7 heteroatoms. The SMILES string of the molecule is Cc1ccc(-c2ccc(/C=C/C(=O)Nc3ccc(Cl)c(C(=O)O)c3)o2)cc1Cl. The highest BCUT2D eigenvalue weighted by Gasteiger charge is 2.10. The van der Waals surface area contributed by atoms with Crippen molar-refractivity contribution in [2.24, 2.45) is 0 Å². The number of hydrogen-bond acceptors (Lipinski definition) is 3. The molecule has 0 saturated heterocycles. The number of rotatable bonds is 5. The molecular weight excluding hydrogens is 401 g/mol. The third kappa shape index (κ3) is 4.63. The Bertz CT molecular complexity index is 1090. The lowest BCUT2D eigenvalue weighted by Gasteiger charge is -2.04. The molecule has 28 heavy (non-hydrogen) atoms. The quantitative estimate of drug-likeness (QED) is 0.507. The van der Waals surface area contributed by atoms with Crippen LogP contribution in [0.25, 0.3) is 17.4 Å². The van der Waals surface area contributed by atoms with Gasteiger partial charge in [-0.2, -0.15) is 0 Å². The number of furan rings is 1. The summed E-state index contributed by atoms with van der Waals surface area (Å²) in [6.45, 7) is 1.92. The molecule has 0 atom stereocenters. The molecule has 0 aliphatic rings. The normalized spacial score (nSPS) is 11.0. The lowest BCUT2D eigenvalue weighted by Crippen LogP contribution is -2.09. The largest absolute Gasteiger partial charge is 0.478 e. The molecule has 3 aromatic rings. The number of amides is 1. The van der Waals surface area contributed by atoms with Gasteiger partial charge in [-0.3, -0.25) is 4.79 Å². The van der Waals surface area contributed by atoms with Gasteiger partial charge in [-0.25, -0.2) is 4.79 Å². The van der Waals surface area contributed by atoms with E-state index in [1.165, 1.54) is 30.4 Å². The van der Waals surface area contributed by atoms with Gasteiger partial charge < -0.3 is 14.8 Å². The zero-order valence-corrected chi connectivity index (χ0v) is 16.2. The zero-order valence-electron chi connectivity index (χ0n) is 14.7. The van der Waals surface area contributed by atoms with Crippen LogP contribution in [0.5, 0.6) is 0 Å². The molecule has 1 amide bonds. The van der Waals surface area contributed by atoms with E-state index in [0.29, 0.717) is 22.2 Å². The molecule has 1 aromatic heterocycles. The van der Waals surface area contributed by atoms with Gasteiger partial charge in [0.25, 0.3) is 0 Å². The maximum Gasteiger partial charge on any atom is 0.337 e. The van der Waals surface area contributed by atoms with Crippen molar-refractivity contribution in [2.45, 2.75) is 6.92 Å². The number of halogens is 2. The highest BCUT2D eigenvalue weighted by atomic mass is 35.5. The smallest absolute Gasteiger partial charge is 0.337 e. The highest BCUT2D eigenvalue weighted by molar-refractivity contribution is 6.33. The van der Waals surface area contributed by atoms with Crippen molar-refractivity contribution in [3.05, 3.63) is 81.5 Å². The van der Waals surface area contributed by atoms with Gasteiger partial charge in [-0.1, -0.05) is 35.3 Å². The summed E-state index contributed by atoms with van der Waals surface area (Å²) in [5.41, 5.74) is 2.05. The molecule has 0 bridgehead atoms. The van der Waals surface area contributed by atoms with Gasteiger partial charge in [0.1, 0.15) is 11.5 Å². The molecule has 2 aromatic carbocycles. The average molecular weight is 416 g/mol. The first kappa shape index (κ1) is 19.7. The van der Waals surface area contributed by atoms with Crippen LogP contribution >= 0.6 is 23.2 Å². The molecule has 5 nitrogen and oxygen atoms in total. The molecule has 1 heterocycles. The summed E-state index contributed by atoms with van der Waals surface area (Å²) < 4.78 is 5.71. The van der Waals surface area contributed by atoms with E-state index >= 15 is 0 Å². The summed E-state index contributed by atoms with van der Waals surface area (Å²) in [5, 5.41) is 12.4. The predicted molar refractivity (Wildman–Crippen MR) is 110 cm³/mol. The van der Waals surface area contributed by atoms with Crippen LogP contribution in [0.15, 0.2) is 59.0 Å². The van der Waals surface area contributed by atoms with Gasteiger partial charge in [0.05, 0.1) is 10.6 Å². The maximum atomic E-state index is 12.1. The summed E-state index contributed by atoms with van der Waals surface area (Å²) in [4.78, 5) is 23.2. The van der Waals surface area contributed by atoms with Crippen LogP contribution in [0.2, 0.25) is 10.0 Å². The molecule has 3 rings (SSSR count). The van der Waals surface area contributed by atoms with E-state index < -0.39 is 11.9 Å². The lowest BCUT2D eigenvalue weighted by atomic mass is 10.1. The second-order valence-electron chi connectivity index (χ2n) is 5.99. The van der Waals surface area contributed by atoms with Crippen molar-refractivity contribution >= 4 is 46.8 Å². The van der Waals surface area contributed by atoms with Crippen LogP contribution in [0.4, 0.5) is 5.69 Å². The van der Waals surface area contributed by atoms with Crippen LogP contribution in [0, 0.1) is 6.92 Å². The molecule has 0 saturated carbocycles. The second-order valence-corrected chi connectivity index (χ2v) is 6.80. The maximum absolute atomic E-state index is 12.1. The minimum absolute atomic E-state index is 0.0871. The van der Waals surface area contributed by atoms with Crippen molar-refractivity contribution in [1.29, 1.82) is 0 Å². The molecule has 0 aliphatic heterocycles. The average Bonchev–Trinajstić information content (AvgIpc) is 3.13. The molecule has 2 N–H and O–H groups in total. The number of carbonyl (C=O) groups excluding carboxylic acids is 1. The Kier molecular flexibility index (Phi) is 5.87. The van der Waals surface area contributed by atoms with Gasteiger partial charge in [0.15, 0.2) is 0 Å². The molecule has 142 valence electrons. The fraction of sp³-hybridized carbons (Fsp3) is 0.0476. The summed E-state index contributed by atoms with van der Waals surface area (Å²) in [6, 6.07) is 13.4. The van der Waals surface area contributed by atoms with Gasteiger partial charge in [-0.15, -0.1) is 0 Å². The third-order valence-corrected chi connectivity index (χ3v) is 4.68. The van der Waals surface area contributed by atoms with Crippen LogP contribution in [0.3, 0.4) is 0 Å². The summed E-state index contributed by atoms with van der Waals surface area (Å²) in [5.74, 6) is -0.485. The first-order valence-corrected chi connectivity index (χ1v) is 8.97. The minimum Gasteiger partial charge on any atom is -0.478 e. The fourth-order valence-corrected chi connectivity index (χ4v) is 2.83. The number of carboxylic acid groups (broad SMARTS) is 1. The van der Waals surface area contributed by atoms with Crippen molar-refractivity contribution < 1.29 is 19.1 Å². The van der Waals surface area contributed by atoms with Crippen molar-refractivity contribution in [2.75, 3.05) is 5.32 Å². The number of nitrogens with one attached hydrogen (secondary N) is 1. The highest BCUT2D eigenvalue weighted by Crippen LogP contribution is 2.27. The first-order valence-electron chi connectivity index (χ1n) is 8.22. The van der Waals surface area contributed by atoms with Crippen LogP contribution in [-0.2, 0) is 4.79 Å². The molecule has 0 spiro atoms. The molecule has 0 unspecified atom stereocenters. The molecule has 0 aliphatic carbocycles. The molecule has 0 fully saturated rings. The fourth-order valence-electron chi connectivity index (χ4n) is 2.45. The molecular formula is C21H15Cl2NO4. The Morgan fingerprint density at radius 3 is 2.54 bits per heavy atom. The molecule has 0 radical (unpaired) electrons. The van der Waals surface area contributed by atoms with Crippen LogP contribution in [-0.4, -0.2) is 17.0 Å². The van der Waals surface area contributed by atoms with Gasteiger partial charge >= 0.3 is 5.97 Å². The number of carbonyl (C=O) groups is 2. The zero-order chi connectivity index (χ0) is 20.3. The Balaban J connectivity index is 1.70. The van der Waals surface area contributed by atoms with E-state index in [0.717, 1.165) is 11.1 Å². The van der Waals surface area contributed by atoms with Crippen molar-refractivity contribution in [1.82, 2.24) is 0 Å². The standard InChI is InChI=1S/C21H15Cl2NO4/c1-12-2-3-13(10-18(12)23)19-8-5-15(28-19)6-9-20(25)24-14-4-7-17(22)16(11-14)21(26)27/h2-11H,1H3,(H,24,25)(H,26,27)/b9-6+. The minimum atomic E-state index is -1.17. The third-order valence-electron chi connectivity index (χ3n) is 3.95. The van der Waals surface area contributed by atoms with E-state index in [9.17, 15) is 9.59 Å². The van der Waals surface area contributed by atoms with Crippen LogP contribution < -0.4 is 5.32 Å². The van der Waals surface area contributed by atoms with Crippen LogP contribution in [0.1, 0.15) is 21.7 Å². The lowest BCUT2D eigenvalue weighted by molar-refractivity contribution is -0.111. The van der Waals surface area contributed by atoms with Gasteiger partial charge in [-0.05, 0) is 55.0 Å². The Morgan fingerprint density at radius 1 is 1.04 bits per heavy atom. The summed E-state index contributed by atoms with van der Waals surface area (Å²) >= 11 is 11.9. The van der Waals surface area contributed by atoms with E-state index in [1.54, 1.807) is 12.1 Å². The monoisotopic (exact) mass is 415 g/mol. The van der Waals surface area contributed by atoms with Gasteiger partial charge in [0.2, 0.25) is 5.91 Å². The van der Waals surface area contributed by atoms with E-state index in [2.05, 4.69) is 5.32 Å². The van der Waals surface area contributed by atoms with Crippen molar-refractivity contribution in [3.63, 3.8) is 0 Å². The Morgan fingerprint density at radius 2 is 1.82 bits per heavy atom. The van der Waals surface area contributed by atoms with E-state index in [-0.39, 0.29) is 10.6 Å². The Labute approximate surface area is 171 Å². The van der Waals surface area contributed by atoms with E-state index in [1.807, 2.05) is 25.1 Å². The number of anilines is 1. The number of carboxylic acids is 1. The predicted octanol–water partition coefficient (Wildman–Crippen LogP) is 5.91. The van der Waals surface area contributed by atoms with Gasteiger partial charge in [0, 0.05) is 22.3 Å². The van der Waals surface area contributed by atoms with E-state index in [4.69, 9.17) is 32.7 Å². The number of aromatic carboxylic acids is 1. The number of aryl methyl sites for hydroxylation is 1. The number of benzene rings is 2.